The van der Waals surface area contributed by atoms with E-state index in [2.05, 4.69) is 16.0 Å². The average Bonchev–Trinajstić information content (AvgIpc) is 3.24. The normalized spacial score (nSPS) is 16.3. The van der Waals surface area contributed by atoms with Gasteiger partial charge in [0.25, 0.3) is 5.91 Å². The number of anilines is 2. The molecule has 1 unspecified atom stereocenters. The summed E-state index contributed by atoms with van der Waals surface area (Å²) in [5.74, 6) is -0.340. The number of hydrogen-bond donors (Lipinski definition) is 3. The van der Waals surface area contributed by atoms with Gasteiger partial charge < -0.3 is 20.7 Å². The standard InChI is InChI=1S/C17H17Cl2N3O3S/c18-14-8-13(15(19)26-14)16(23)21-10-3-5-11(6-4-10)22-17(24)20-9-12-2-1-7-25-12/h3-6,8,12H,1-2,7,9H2,(H,21,23)(H2,20,22,24). The molecule has 1 aliphatic rings. The minimum Gasteiger partial charge on any atom is -0.376 e. The summed E-state index contributed by atoms with van der Waals surface area (Å²) in [7, 11) is 0. The predicted octanol–water partition coefficient (Wildman–Crippen LogP) is 4.61. The highest BCUT2D eigenvalue weighted by Crippen LogP contribution is 2.31. The highest BCUT2D eigenvalue weighted by Gasteiger charge is 2.16. The summed E-state index contributed by atoms with van der Waals surface area (Å²) in [6.45, 7) is 1.24. The van der Waals surface area contributed by atoms with E-state index in [4.69, 9.17) is 27.9 Å². The van der Waals surface area contributed by atoms with E-state index in [1.165, 1.54) is 6.07 Å². The SMILES string of the molecule is O=C(NCC1CCCO1)Nc1ccc(NC(=O)c2cc(Cl)sc2Cl)cc1. The molecule has 6 nitrogen and oxygen atoms in total. The summed E-state index contributed by atoms with van der Waals surface area (Å²) < 4.78 is 6.25. The molecule has 3 N–H and O–H groups in total. The lowest BCUT2D eigenvalue weighted by atomic mass is 10.2. The summed E-state index contributed by atoms with van der Waals surface area (Å²) >= 11 is 13.0. The number of hydrogen-bond acceptors (Lipinski definition) is 4. The van der Waals surface area contributed by atoms with Crippen LogP contribution >= 0.6 is 34.5 Å². The van der Waals surface area contributed by atoms with Gasteiger partial charge >= 0.3 is 6.03 Å². The van der Waals surface area contributed by atoms with Gasteiger partial charge in [0, 0.05) is 24.5 Å². The zero-order valence-electron chi connectivity index (χ0n) is 13.7. The molecule has 1 aromatic heterocycles. The van der Waals surface area contributed by atoms with Gasteiger partial charge in [0.05, 0.1) is 16.0 Å². The lowest BCUT2D eigenvalue weighted by molar-refractivity contribution is 0.102. The number of ether oxygens (including phenoxy) is 1. The van der Waals surface area contributed by atoms with Crippen LogP contribution in [0.15, 0.2) is 30.3 Å². The summed E-state index contributed by atoms with van der Waals surface area (Å²) in [4.78, 5) is 24.1. The van der Waals surface area contributed by atoms with Crippen molar-refractivity contribution in [1.82, 2.24) is 5.32 Å². The molecule has 0 spiro atoms. The van der Waals surface area contributed by atoms with Crippen molar-refractivity contribution in [2.75, 3.05) is 23.8 Å². The Labute approximate surface area is 164 Å². The Kier molecular flexibility index (Phi) is 6.37. The van der Waals surface area contributed by atoms with Crippen LogP contribution in [0.1, 0.15) is 23.2 Å². The lowest BCUT2D eigenvalue weighted by Crippen LogP contribution is -2.35. The molecule has 2 aromatic rings. The van der Waals surface area contributed by atoms with Gasteiger partial charge in [-0.3, -0.25) is 4.79 Å². The molecule has 0 bridgehead atoms. The molecule has 1 saturated heterocycles. The summed E-state index contributed by atoms with van der Waals surface area (Å²) in [5.41, 5.74) is 1.53. The van der Waals surface area contributed by atoms with Crippen molar-refractivity contribution in [3.8, 4) is 0 Å². The van der Waals surface area contributed by atoms with Crippen LogP contribution in [0.3, 0.4) is 0 Å². The van der Waals surface area contributed by atoms with Crippen molar-refractivity contribution in [2.45, 2.75) is 18.9 Å². The Morgan fingerprint density at radius 3 is 2.42 bits per heavy atom. The van der Waals surface area contributed by atoms with Crippen LogP contribution in [0.2, 0.25) is 8.67 Å². The third-order valence-electron chi connectivity index (χ3n) is 3.82. The molecular formula is C17H17Cl2N3O3S. The number of carbonyl (C=O) groups is 2. The van der Waals surface area contributed by atoms with Gasteiger partial charge in [-0.1, -0.05) is 23.2 Å². The molecule has 9 heteroatoms. The molecule has 3 rings (SSSR count). The Morgan fingerprint density at radius 1 is 1.15 bits per heavy atom. The van der Waals surface area contributed by atoms with Crippen LogP contribution in [0, 0.1) is 0 Å². The predicted molar refractivity (Wildman–Crippen MR) is 105 cm³/mol. The molecule has 0 saturated carbocycles. The molecule has 26 heavy (non-hydrogen) atoms. The van der Waals surface area contributed by atoms with Crippen LogP contribution in [-0.2, 0) is 4.74 Å². The van der Waals surface area contributed by atoms with Crippen LogP contribution in [0.5, 0.6) is 0 Å². The highest BCUT2D eigenvalue weighted by molar-refractivity contribution is 7.20. The highest BCUT2D eigenvalue weighted by atomic mass is 35.5. The number of halogens is 2. The topological polar surface area (TPSA) is 79.5 Å². The Morgan fingerprint density at radius 2 is 1.85 bits per heavy atom. The zero-order valence-corrected chi connectivity index (χ0v) is 16.0. The third-order valence-corrected chi connectivity index (χ3v) is 5.30. The van der Waals surface area contributed by atoms with Gasteiger partial charge in [0.15, 0.2) is 0 Å². The molecule has 0 aliphatic carbocycles. The first-order chi connectivity index (χ1) is 12.5. The fourth-order valence-corrected chi connectivity index (χ4v) is 3.98. The van der Waals surface area contributed by atoms with Gasteiger partial charge in [-0.2, -0.15) is 0 Å². The maximum absolute atomic E-state index is 12.2. The number of urea groups is 1. The summed E-state index contributed by atoms with van der Waals surface area (Å²) in [6, 6.07) is 8.01. The molecule has 2 heterocycles. The number of thiophene rings is 1. The Balaban J connectivity index is 1.50. The molecule has 138 valence electrons. The number of amides is 3. The Bertz CT molecular complexity index is 789. The maximum Gasteiger partial charge on any atom is 0.319 e. The van der Waals surface area contributed by atoms with Gasteiger partial charge in [-0.15, -0.1) is 11.3 Å². The number of nitrogens with one attached hydrogen (secondary N) is 3. The Hall–Kier alpha value is -1.80. The molecule has 0 radical (unpaired) electrons. The fourth-order valence-electron chi connectivity index (χ4n) is 2.52. The van der Waals surface area contributed by atoms with Gasteiger partial charge in [-0.05, 0) is 43.2 Å². The van der Waals surface area contributed by atoms with E-state index >= 15 is 0 Å². The number of carbonyl (C=O) groups excluding carboxylic acids is 2. The second-order valence-electron chi connectivity index (χ2n) is 5.74. The maximum atomic E-state index is 12.2. The van der Waals surface area contributed by atoms with E-state index in [0.29, 0.717) is 32.2 Å². The number of rotatable bonds is 5. The van der Waals surface area contributed by atoms with Gasteiger partial charge in [0.1, 0.15) is 4.34 Å². The molecule has 1 aliphatic heterocycles. The average molecular weight is 414 g/mol. The minimum atomic E-state index is -0.340. The molecule has 1 fully saturated rings. The fraction of sp³-hybridized carbons (Fsp3) is 0.294. The van der Waals surface area contributed by atoms with Crippen LogP contribution in [-0.4, -0.2) is 31.2 Å². The van der Waals surface area contributed by atoms with Gasteiger partial charge in [-0.25, -0.2) is 4.79 Å². The smallest absolute Gasteiger partial charge is 0.319 e. The summed E-state index contributed by atoms with van der Waals surface area (Å²) in [6.07, 6.45) is 2.09. The third kappa shape index (κ3) is 5.11. The van der Waals surface area contributed by atoms with E-state index < -0.39 is 0 Å². The summed E-state index contributed by atoms with van der Waals surface area (Å²) in [5, 5.41) is 8.25. The van der Waals surface area contributed by atoms with Crippen LogP contribution < -0.4 is 16.0 Å². The van der Waals surface area contributed by atoms with Crippen molar-refractivity contribution in [3.63, 3.8) is 0 Å². The van der Waals surface area contributed by atoms with Crippen molar-refractivity contribution >= 4 is 57.9 Å². The van der Waals surface area contributed by atoms with Crippen LogP contribution in [0.25, 0.3) is 0 Å². The largest absolute Gasteiger partial charge is 0.376 e. The molecule has 3 amide bonds. The van der Waals surface area contributed by atoms with E-state index in [-0.39, 0.29) is 18.0 Å². The first-order valence-corrected chi connectivity index (χ1v) is 9.61. The number of benzene rings is 1. The van der Waals surface area contributed by atoms with Crippen LogP contribution in [0.4, 0.5) is 16.2 Å². The molecule has 1 aromatic carbocycles. The van der Waals surface area contributed by atoms with E-state index in [1.807, 2.05) is 0 Å². The molecular weight excluding hydrogens is 397 g/mol. The lowest BCUT2D eigenvalue weighted by Gasteiger charge is -2.12. The monoisotopic (exact) mass is 413 g/mol. The first-order valence-electron chi connectivity index (χ1n) is 8.04. The second kappa shape index (κ2) is 8.73. The minimum absolute atomic E-state index is 0.0933. The van der Waals surface area contributed by atoms with Crippen molar-refractivity contribution < 1.29 is 14.3 Å². The van der Waals surface area contributed by atoms with Gasteiger partial charge in [0.2, 0.25) is 0 Å². The van der Waals surface area contributed by atoms with E-state index in [0.717, 1.165) is 30.8 Å². The van der Waals surface area contributed by atoms with Crippen molar-refractivity contribution in [2.24, 2.45) is 0 Å². The van der Waals surface area contributed by atoms with E-state index in [1.54, 1.807) is 24.3 Å². The zero-order chi connectivity index (χ0) is 18.5. The first kappa shape index (κ1) is 19.0. The molecule has 1 atom stereocenters. The van der Waals surface area contributed by atoms with E-state index in [9.17, 15) is 9.59 Å². The second-order valence-corrected chi connectivity index (χ2v) is 8.02. The van der Waals surface area contributed by atoms with Crippen molar-refractivity contribution in [1.29, 1.82) is 0 Å². The quantitative estimate of drug-likeness (QED) is 0.669. The van der Waals surface area contributed by atoms with Crippen molar-refractivity contribution in [3.05, 3.63) is 44.6 Å².